The Morgan fingerprint density at radius 1 is 1.14 bits per heavy atom. The number of piperidine rings is 1. The molecule has 28 heavy (non-hydrogen) atoms. The first-order chi connectivity index (χ1) is 13.8. The van der Waals surface area contributed by atoms with Crippen molar-refractivity contribution in [3.05, 3.63) is 66.1 Å². The number of aliphatic imine (C=N–C) groups is 1. The van der Waals surface area contributed by atoms with Crippen molar-refractivity contribution < 1.29 is 0 Å². The Bertz CT molecular complexity index is 932. The van der Waals surface area contributed by atoms with Crippen LogP contribution in [0.25, 0.3) is 5.65 Å². The van der Waals surface area contributed by atoms with Crippen molar-refractivity contribution in [2.45, 2.75) is 25.7 Å². The highest BCUT2D eigenvalue weighted by Crippen LogP contribution is 2.32. The number of nitrogens with zero attached hydrogens (tertiary/aromatic N) is 5. The fourth-order valence-corrected chi connectivity index (χ4v) is 4.21. The van der Waals surface area contributed by atoms with E-state index in [0.717, 1.165) is 49.9 Å². The predicted molar refractivity (Wildman–Crippen MR) is 113 cm³/mol. The van der Waals surface area contributed by atoms with Gasteiger partial charge in [0.05, 0.1) is 0 Å². The molecular formula is C22H28N6. The zero-order valence-corrected chi connectivity index (χ0v) is 16.6. The third-order valence-electron chi connectivity index (χ3n) is 5.66. The van der Waals surface area contributed by atoms with Gasteiger partial charge in [0.15, 0.2) is 11.6 Å². The fourth-order valence-electron chi connectivity index (χ4n) is 4.21. The van der Waals surface area contributed by atoms with Crippen LogP contribution in [0.2, 0.25) is 0 Å². The molecule has 1 saturated heterocycles. The first-order valence-corrected chi connectivity index (χ1v) is 10.1. The number of hydrogen-bond donors (Lipinski definition) is 1. The highest BCUT2D eigenvalue weighted by molar-refractivity contribution is 5.80. The van der Waals surface area contributed by atoms with Gasteiger partial charge in [0, 0.05) is 39.3 Å². The molecule has 2 atom stereocenters. The molecule has 2 unspecified atom stereocenters. The molecule has 1 N–H and O–H groups in total. The number of benzene rings is 1. The molecule has 146 valence electrons. The summed E-state index contributed by atoms with van der Waals surface area (Å²) in [5.41, 5.74) is 2.34. The zero-order chi connectivity index (χ0) is 19.3. The van der Waals surface area contributed by atoms with Crippen LogP contribution in [0.1, 0.15) is 30.7 Å². The fraction of sp³-hybridized carbons (Fsp3) is 0.409. The van der Waals surface area contributed by atoms with E-state index in [-0.39, 0.29) is 0 Å². The molecule has 0 aliphatic carbocycles. The zero-order valence-electron chi connectivity index (χ0n) is 16.6. The molecule has 0 saturated carbocycles. The maximum Gasteiger partial charge on any atom is 0.193 e. The number of rotatable bonds is 4. The van der Waals surface area contributed by atoms with Gasteiger partial charge in [-0.15, -0.1) is 10.2 Å². The van der Waals surface area contributed by atoms with E-state index in [2.05, 4.69) is 62.7 Å². The van der Waals surface area contributed by atoms with E-state index >= 15 is 0 Å². The lowest BCUT2D eigenvalue weighted by atomic mass is 9.82. The highest BCUT2D eigenvalue weighted by atomic mass is 15.3. The van der Waals surface area contributed by atoms with Gasteiger partial charge in [-0.1, -0.05) is 43.3 Å². The standard InChI is InChI=1S/C22H28N6/c1-17-16-27(15-12-19(17)18-8-4-3-5-9-18)22(23-2)24-13-11-21-26-25-20-10-6-7-14-28(20)21/h3-10,14,17,19H,11-13,15-16H2,1-2H3,(H,23,24). The molecule has 4 rings (SSSR count). The Labute approximate surface area is 166 Å². The number of pyridine rings is 1. The maximum atomic E-state index is 4.51. The summed E-state index contributed by atoms with van der Waals surface area (Å²) >= 11 is 0. The molecule has 0 radical (unpaired) electrons. The van der Waals surface area contributed by atoms with Crippen molar-refractivity contribution in [1.29, 1.82) is 0 Å². The summed E-state index contributed by atoms with van der Waals surface area (Å²) in [7, 11) is 1.86. The molecule has 6 nitrogen and oxygen atoms in total. The van der Waals surface area contributed by atoms with Crippen molar-refractivity contribution in [2.24, 2.45) is 10.9 Å². The Morgan fingerprint density at radius 3 is 2.75 bits per heavy atom. The van der Waals surface area contributed by atoms with Gasteiger partial charge in [-0.2, -0.15) is 0 Å². The Balaban J connectivity index is 1.33. The van der Waals surface area contributed by atoms with Crippen molar-refractivity contribution in [2.75, 3.05) is 26.7 Å². The van der Waals surface area contributed by atoms with Crippen molar-refractivity contribution in [1.82, 2.24) is 24.8 Å². The van der Waals surface area contributed by atoms with Gasteiger partial charge in [0.25, 0.3) is 0 Å². The summed E-state index contributed by atoms with van der Waals surface area (Å²) in [6.45, 7) is 5.18. The van der Waals surface area contributed by atoms with Gasteiger partial charge >= 0.3 is 0 Å². The predicted octanol–water partition coefficient (Wildman–Crippen LogP) is 2.97. The van der Waals surface area contributed by atoms with E-state index in [1.165, 1.54) is 5.56 Å². The monoisotopic (exact) mass is 376 g/mol. The van der Waals surface area contributed by atoms with Crippen LogP contribution in [-0.2, 0) is 6.42 Å². The Kier molecular flexibility index (Phi) is 5.55. The summed E-state index contributed by atoms with van der Waals surface area (Å²) in [5, 5.41) is 12.0. The normalized spacial score (nSPS) is 20.5. The molecule has 3 aromatic rings. The maximum absolute atomic E-state index is 4.51. The molecule has 1 aromatic carbocycles. The van der Waals surface area contributed by atoms with Crippen molar-refractivity contribution >= 4 is 11.6 Å². The summed E-state index contributed by atoms with van der Waals surface area (Å²) in [5.74, 6) is 3.16. The molecule has 0 bridgehead atoms. The SMILES string of the molecule is CN=C(NCCc1nnc2ccccn12)N1CCC(c2ccccc2)C(C)C1. The van der Waals surface area contributed by atoms with Crippen LogP contribution in [0.15, 0.2) is 59.7 Å². The third-order valence-corrected chi connectivity index (χ3v) is 5.66. The van der Waals surface area contributed by atoms with E-state index in [1.54, 1.807) is 0 Å². The minimum Gasteiger partial charge on any atom is -0.356 e. The van der Waals surface area contributed by atoms with Crippen LogP contribution in [0.5, 0.6) is 0 Å². The number of likely N-dealkylation sites (tertiary alicyclic amines) is 1. The van der Waals surface area contributed by atoms with E-state index < -0.39 is 0 Å². The average Bonchev–Trinajstić information content (AvgIpc) is 3.15. The summed E-state index contributed by atoms with van der Waals surface area (Å²) in [6.07, 6.45) is 3.97. The van der Waals surface area contributed by atoms with Crippen LogP contribution >= 0.6 is 0 Å². The lowest BCUT2D eigenvalue weighted by Gasteiger charge is -2.38. The Hall–Kier alpha value is -2.89. The van der Waals surface area contributed by atoms with Gasteiger partial charge in [0.2, 0.25) is 0 Å². The largest absolute Gasteiger partial charge is 0.356 e. The number of guanidine groups is 1. The minimum absolute atomic E-state index is 0.593. The molecular weight excluding hydrogens is 348 g/mol. The molecule has 0 spiro atoms. The van der Waals surface area contributed by atoms with Gasteiger partial charge < -0.3 is 10.2 Å². The summed E-state index contributed by atoms with van der Waals surface area (Å²) < 4.78 is 2.04. The summed E-state index contributed by atoms with van der Waals surface area (Å²) in [4.78, 5) is 6.89. The van der Waals surface area contributed by atoms with E-state index in [9.17, 15) is 0 Å². The number of fused-ring (bicyclic) bond motifs is 1. The molecule has 0 amide bonds. The van der Waals surface area contributed by atoms with Crippen LogP contribution in [-0.4, -0.2) is 52.1 Å². The van der Waals surface area contributed by atoms with Crippen LogP contribution < -0.4 is 5.32 Å². The average molecular weight is 377 g/mol. The number of nitrogens with one attached hydrogen (secondary N) is 1. The molecule has 2 aromatic heterocycles. The second-order valence-corrected chi connectivity index (χ2v) is 7.50. The first-order valence-electron chi connectivity index (χ1n) is 10.1. The van der Waals surface area contributed by atoms with Gasteiger partial charge in [-0.3, -0.25) is 9.39 Å². The molecule has 3 heterocycles. The van der Waals surface area contributed by atoms with Gasteiger partial charge in [-0.25, -0.2) is 0 Å². The summed E-state index contributed by atoms with van der Waals surface area (Å²) in [6, 6.07) is 16.8. The Morgan fingerprint density at radius 2 is 1.96 bits per heavy atom. The smallest absolute Gasteiger partial charge is 0.193 e. The minimum atomic E-state index is 0.593. The van der Waals surface area contributed by atoms with E-state index in [1.807, 2.05) is 35.8 Å². The topological polar surface area (TPSA) is 57.8 Å². The highest BCUT2D eigenvalue weighted by Gasteiger charge is 2.28. The number of aromatic nitrogens is 3. The molecule has 1 aliphatic heterocycles. The first kappa shape index (κ1) is 18.5. The molecule has 6 heteroatoms. The second kappa shape index (κ2) is 8.42. The van der Waals surface area contributed by atoms with Gasteiger partial charge in [0.1, 0.15) is 5.82 Å². The third kappa shape index (κ3) is 3.86. The van der Waals surface area contributed by atoms with E-state index in [4.69, 9.17) is 0 Å². The second-order valence-electron chi connectivity index (χ2n) is 7.50. The van der Waals surface area contributed by atoms with Crippen LogP contribution in [0.3, 0.4) is 0 Å². The van der Waals surface area contributed by atoms with Crippen molar-refractivity contribution in [3.8, 4) is 0 Å². The quantitative estimate of drug-likeness (QED) is 0.562. The van der Waals surface area contributed by atoms with Gasteiger partial charge in [-0.05, 0) is 36.0 Å². The lowest BCUT2D eigenvalue weighted by molar-refractivity contribution is 0.234. The molecule has 1 fully saturated rings. The van der Waals surface area contributed by atoms with Crippen molar-refractivity contribution in [3.63, 3.8) is 0 Å². The molecule has 1 aliphatic rings. The van der Waals surface area contributed by atoms with E-state index in [0.29, 0.717) is 11.8 Å². The number of hydrogen-bond acceptors (Lipinski definition) is 3. The lowest BCUT2D eigenvalue weighted by Crippen LogP contribution is -2.48. The van der Waals surface area contributed by atoms with Crippen LogP contribution in [0.4, 0.5) is 0 Å². The van der Waals surface area contributed by atoms with Crippen LogP contribution in [0, 0.1) is 5.92 Å².